The first-order valence-electron chi connectivity index (χ1n) is 22.7. The van der Waals surface area contributed by atoms with Gasteiger partial charge in [-0.1, -0.05) is 50.2 Å². The Balaban J connectivity index is 1.09. The van der Waals surface area contributed by atoms with E-state index in [-0.39, 0.29) is 37.1 Å². The number of hydrogen-bond donors (Lipinski definition) is 4. The number of amides is 3. The zero-order valence-corrected chi connectivity index (χ0v) is 39.3. The van der Waals surface area contributed by atoms with Crippen LogP contribution in [0.4, 0.5) is 4.79 Å². The van der Waals surface area contributed by atoms with Gasteiger partial charge in [-0.15, -0.1) is 6.58 Å². The second kappa shape index (κ2) is 18.9. The number of aromatic nitrogens is 1. The Kier molecular flexibility index (Phi) is 13.6. The van der Waals surface area contributed by atoms with Crippen LogP contribution in [-0.4, -0.2) is 138 Å². The van der Waals surface area contributed by atoms with Gasteiger partial charge in [-0.3, -0.25) is 19.5 Å². The van der Waals surface area contributed by atoms with Crippen LogP contribution in [-0.2, 0) is 23.9 Å². The quantitative estimate of drug-likeness (QED) is 0.141. The first kappa shape index (κ1) is 46.2. The van der Waals surface area contributed by atoms with Crippen LogP contribution >= 0.6 is 23.4 Å². The van der Waals surface area contributed by atoms with Crippen LogP contribution in [0.2, 0.25) is 5.02 Å². The molecule has 3 aliphatic carbocycles. The van der Waals surface area contributed by atoms with Crippen LogP contribution in [0, 0.1) is 23.2 Å². The van der Waals surface area contributed by atoms with Crippen LogP contribution in [0.3, 0.4) is 0 Å². The minimum atomic E-state index is -1.30. The van der Waals surface area contributed by atoms with E-state index in [4.69, 9.17) is 40.5 Å². The summed E-state index contributed by atoms with van der Waals surface area (Å²) < 4.78 is 24.1. The Morgan fingerprint density at radius 3 is 2.50 bits per heavy atom. The fourth-order valence-corrected chi connectivity index (χ4v) is 10.9. The average Bonchev–Trinajstić information content (AvgIpc) is 3.92. The number of carbonyl (C=O) groups is 4. The van der Waals surface area contributed by atoms with Crippen molar-refractivity contribution in [1.29, 1.82) is 0 Å². The predicted molar refractivity (Wildman–Crippen MR) is 246 cm³/mol. The van der Waals surface area contributed by atoms with Gasteiger partial charge in [0.05, 0.1) is 24.9 Å². The number of hydrogen-bond acceptors (Lipinski definition) is 14. The van der Waals surface area contributed by atoms with Crippen LogP contribution in [0.25, 0.3) is 10.9 Å². The standard InChI is InChI=1S/C46H63ClN8O8S/c1-8-28-22-46(28,42(58)60-7)53-40(56)34-20-30(23-55(34)41(57)39(45(4,5)6)52-44(59)63-29-18-26-17-27(26)19-29)62-36-21-32(33-24-64-43(51-33)49-25(2)3)50-38-31(36)9-10-35(37(38)47)61-16-15-54-13-11-48-12-14-54/h8-10,21,25-30,33-34,39,48H,1,11-20,22-24H2,2-7H3,(H,49,51)(H,52,59)(H,53,56)/t26-,27+,28-,29+,30-,33?,34+,39-,46?/m1/s1. The number of nitrogens with zero attached hydrogens (tertiary/aromatic N) is 4. The number of carbonyl (C=O) groups excluding carboxylic acids is 4. The lowest BCUT2D eigenvalue weighted by Gasteiger charge is -2.35. The molecule has 6 aliphatic rings. The number of rotatable bonds is 15. The Labute approximate surface area is 384 Å². The molecule has 0 spiro atoms. The number of benzene rings is 1. The molecule has 3 amide bonds. The second-order valence-electron chi connectivity index (χ2n) is 19.5. The lowest BCUT2D eigenvalue weighted by atomic mass is 9.85. The summed E-state index contributed by atoms with van der Waals surface area (Å²) in [6.07, 6.45) is 3.31. The summed E-state index contributed by atoms with van der Waals surface area (Å²) in [5.41, 5.74) is -0.934. The number of ether oxygens (including phenoxy) is 4. The number of alkyl carbamates (subject to hydrolysis) is 1. The van der Waals surface area contributed by atoms with E-state index in [1.54, 1.807) is 17.8 Å². The Morgan fingerprint density at radius 2 is 1.83 bits per heavy atom. The summed E-state index contributed by atoms with van der Waals surface area (Å²) in [5.74, 6) is 0.894. The fourth-order valence-electron chi connectivity index (χ4n) is 9.59. The largest absolute Gasteiger partial charge is 0.491 e. The second-order valence-corrected chi connectivity index (χ2v) is 20.9. The zero-order valence-electron chi connectivity index (χ0n) is 37.7. The van der Waals surface area contributed by atoms with Gasteiger partial charge >= 0.3 is 12.1 Å². The molecule has 8 rings (SSSR count). The number of thioether (sulfide) groups is 1. The van der Waals surface area contributed by atoms with Gasteiger partial charge in [0, 0.05) is 68.3 Å². The third-order valence-corrected chi connectivity index (χ3v) is 14.7. The van der Waals surface area contributed by atoms with E-state index in [1.807, 2.05) is 39.0 Å². The van der Waals surface area contributed by atoms with E-state index in [9.17, 15) is 19.2 Å². The molecule has 1 aromatic heterocycles. The van der Waals surface area contributed by atoms with E-state index in [1.165, 1.54) is 18.4 Å². The molecule has 4 heterocycles. The van der Waals surface area contributed by atoms with Crippen LogP contribution in [0.15, 0.2) is 35.8 Å². The van der Waals surface area contributed by atoms with Gasteiger partial charge in [-0.05, 0) is 68.9 Å². The molecule has 2 saturated heterocycles. The highest BCUT2D eigenvalue weighted by Crippen LogP contribution is 2.52. The molecule has 1 aromatic carbocycles. The Morgan fingerprint density at radius 1 is 1.08 bits per heavy atom. The molecule has 16 nitrogen and oxygen atoms in total. The normalized spacial score (nSPS) is 29.1. The molecule has 18 heteroatoms. The number of nitrogens with one attached hydrogen (secondary N) is 4. The van der Waals surface area contributed by atoms with E-state index < -0.39 is 53.0 Å². The third kappa shape index (κ3) is 10.1. The van der Waals surface area contributed by atoms with Crippen molar-refractivity contribution < 1.29 is 38.1 Å². The molecule has 3 saturated carbocycles. The van der Waals surface area contributed by atoms with Gasteiger partial charge < -0.3 is 45.1 Å². The lowest BCUT2D eigenvalue weighted by molar-refractivity contribution is -0.148. The molecule has 5 fully saturated rings. The highest BCUT2D eigenvalue weighted by molar-refractivity contribution is 8.14. The van der Waals surface area contributed by atoms with Gasteiger partial charge in [0.1, 0.15) is 59.0 Å². The summed E-state index contributed by atoms with van der Waals surface area (Å²) in [6, 6.07) is 3.33. The molecule has 0 bridgehead atoms. The maximum atomic E-state index is 14.9. The summed E-state index contributed by atoms with van der Waals surface area (Å²) in [7, 11) is 1.27. The molecular formula is C46H63ClN8O8S. The van der Waals surface area contributed by atoms with Gasteiger partial charge in [-0.25, -0.2) is 14.6 Å². The highest BCUT2D eigenvalue weighted by atomic mass is 35.5. The van der Waals surface area contributed by atoms with Gasteiger partial charge in [0.25, 0.3) is 0 Å². The van der Waals surface area contributed by atoms with Crippen LogP contribution in [0.5, 0.6) is 11.5 Å². The molecule has 2 aromatic rings. The molecule has 4 N–H and O–H groups in total. The third-order valence-electron chi connectivity index (χ3n) is 13.3. The maximum absolute atomic E-state index is 14.9. The number of fused-ring (bicyclic) bond motifs is 2. The molecule has 9 atom stereocenters. The maximum Gasteiger partial charge on any atom is 0.408 e. The van der Waals surface area contributed by atoms with Gasteiger partial charge in [-0.2, -0.15) is 0 Å². The number of halogens is 1. The number of esters is 1. The predicted octanol–water partition coefficient (Wildman–Crippen LogP) is 4.84. The molecular weight excluding hydrogens is 860 g/mol. The number of likely N-dealkylation sites (tertiary alicyclic amines) is 1. The minimum Gasteiger partial charge on any atom is -0.491 e. The Hall–Kier alpha value is -4.32. The van der Waals surface area contributed by atoms with E-state index in [2.05, 4.69) is 46.6 Å². The lowest BCUT2D eigenvalue weighted by Crippen LogP contribution is -2.59. The van der Waals surface area contributed by atoms with Crippen molar-refractivity contribution in [2.45, 2.75) is 109 Å². The van der Waals surface area contributed by atoms with Crippen molar-refractivity contribution in [3.05, 3.63) is 41.6 Å². The fraction of sp³-hybridized carbons (Fsp3) is 0.652. The monoisotopic (exact) mass is 922 g/mol. The van der Waals surface area contributed by atoms with Crippen LogP contribution in [0.1, 0.15) is 78.5 Å². The molecule has 2 unspecified atom stereocenters. The van der Waals surface area contributed by atoms with Crippen LogP contribution < -0.4 is 30.7 Å². The first-order valence-corrected chi connectivity index (χ1v) is 24.1. The topological polar surface area (TPSA) is 185 Å². The molecule has 348 valence electrons. The van der Waals surface area contributed by atoms with Crippen molar-refractivity contribution in [1.82, 2.24) is 36.1 Å². The van der Waals surface area contributed by atoms with E-state index in [0.717, 1.165) is 50.7 Å². The van der Waals surface area contributed by atoms with Crippen molar-refractivity contribution in [3.8, 4) is 11.5 Å². The number of amidine groups is 1. The van der Waals surface area contributed by atoms with Crippen molar-refractivity contribution >= 4 is 63.3 Å². The van der Waals surface area contributed by atoms with E-state index >= 15 is 0 Å². The number of methoxy groups -OCH3 is 1. The first-order chi connectivity index (χ1) is 30.6. The SMILES string of the molecule is C=C[C@@H]1CC1(NC(=O)[C@@H]1C[C@@H](Oc2cc(C3CSC(NC(C)C)=N3)nc3c(Cl)c(OCCN4CCNCC4)ccc23)CN1C(=O)[C@@H](NC(=O)O[C@@H]1C[C@@H]2C[C@@H]2C1)C(C)(C)C)C(=O)OC. The average molecular weight is 924 g/mol. The van der Waals surface area contributed by atoms with Gasteiger partial charge in [0.2, 0.25) is 11.8 Å². The van der Waals surface area contributed by atoms with E-state index in [0.29, 0.717) is 63.7 Å². The summed E-state index contributed by atoms with van der Waals surface area (Å²) in [6.45, 7) is 18.5. The number of piperazine rings is 1. The smallest absolute Gasteiger partial charge is 0.408 e. The minimum absolute atomic E-state index is 0.00229. The number of aliphatic imine (C=N–C) groups is 1. The van der Waals surface area contributed by atoms with Gasteiger partial charge in [0.15, 0.2) is 5.17 Å². The summed E-state index contributed by atoms with van der Waals surface area (Å²) in [5, 5.41) is 14.4. The summed E-state index contributed by atoms with van der Waals surface area (Å²) >= 11 is 8.77. The number of pyridine rings is 1. The summed E-state index contributed by atoms with van der Waals surface area (Å²) in [4.78, 5) is 69.7. The molecule has 0 radical (unpaired) electrons. The molecule has 3 aliphatic heterocycles. The zero-order chi connectivity index (χ0) is 45.5. The van der Waals surface area contributed by atoms with Crippen molar-refractivity contribution in [2.24, 2.45) is 28.2 Å². The highest BCUT2D eigenvalue weighted by Gasteiger charge is 2.62. The van der Waals surface area contributed by atoms with Crippen molar-refractivity contribution in [2.75, 3.05) is 58.7 Å². The molecule has 64 heavy (non-hydrogen) atoms. The van der Waals surface area contributed by atoms with Crippen molar-refractivity contribution in [3.63, 3.8) is 0 Å². The Bertz CT molecular complexity index is 2150.